The van der Waals surface area contributed by atoms with Crippen LogP contribution in [0.1, 0.15) is 5.56 Å². The first-order chi connectivity index (χ1) is 15.4. The van der Waals surface area contributed by atoms with Crippen LogP contribution in [0, 0.1) is 20.2 Å². The fourth-order valence-electron chi connectivity index (χ4n) is 2.59. The van der Waals surface area contributed by atoms with Crippen molar-refractivity contribution in [2.45, 2.75) is 0 Å². The Morgan fingerprint density at radius 3 is 2.47 bits per heavy atom. The molecule has 0 aliphatic heterocycles. The Morgan fingerprint density at radius 1 is 0.969 bits per heavy atom. The van der Waals surface area contributed by atoms with E-state index in [0.29, 0.717) is 5.56 Å². The van der Waals surface area contributed by atoms with Gasteiger partial charge in [-0.15, -0.1) is 0 Å². The Morgan fingerprint density at radius 2 is 1.75 bits per heavy atom. The van der Waals surface area contributed by atoms with Gasteiger partial charge in [0.2, 0.25) is 5.75 Å². The molecule has 162 valence electrons. The number of anilines is 1. The summed E-state index contributed by atoms with van der Waals surface area (Å²) in [5.41, 5.74) is 2.80. The van der Waals surface area contributed by atoms with Crippen molar-refractivity contribution >= 4 is 29.2 Å². The highest BCUT2D eigenvalue weighted by Gasteiger charge is 2.21. The molecule has 0 aromatic heterocycles. The highest BCUT2D eigenvalue weighted by atomic mass is 16.6. The van der Waals surface area contributed by atoms with Gasteiger partial charge in [-0.25, -0.2) is 5.43 Å². The third-order valence-electron chi connectivity index (χ3n) is 4.07. The number of nitro benzene ring substituents is 2. The first-order valence-corrected chi connectivity index (χ1v) is 9.24. The summed E-state index contributed by atoms with van der Waals surface area (Å²) in [4.78, 5) is 32.5. The SMILES string of the molecule is O=C(CNc1ccccc1)N/N=C\c1cccc(Oc2ccc([N+](=O)[O-])cc2[N+](=O)[O-])c1. The van der Waals surface area contributed by atoms with Crippen molar-refractivity contribution in [3.63, 3.8) is 0 Å². The molecule has 3 aromatic rings. The van der Waals surface area contributed by atoms with Crippen LogP contribution in [-0.2, 0) is 4.79 Å². The maximum absolute atomic E-state index is 11.9. The number of benzene rings is 3. The number of nitrogens with one attached hydrogen (secondary N) is 2. The van der Waals surface area contributed by atoms with Crippen molar-refractivity contribution < 1.29 is 19.4 Å². The Kier molecular flexibility index (Phi) is 7.05. The van der Waals surface area contributed by atoms with Crippen molar-refractivity contribution in [3.8, 4) is 11.5 Å². The third kappa shape index (κ3) is 6.10. The highest BCUT2D eigenvalue weighted by molar-refractivity contribution is 5.84. The molecule has 0 spiro atoms. The molecule has 0 bridgehead atoms. The van der Waals surface area contributed by atoms with Crippen molar-refractivity contribution in [1.29, 1.82) is 0 Å². The van der Waals surface area contributed by atoms with Gasteiger partial charge in [0.15, 0.2) is 0 Å². The Labute approximate surface area is 181 Å². The van der Waals surface area contributed by atoms with Crippen LogP contribution in [-0.4, -0.2) is 28.5 Å². The monoisotopic (exact) mass is 435 g/mol. The fourth-order valence-corrected chi connectivity index (χ4v) is 2.59. The summed E-state index contributed by atoms with van der Waals surface area (Å²) in [6.45, 7) is 0.0360. The Hall–Kier alpha value is -4.80. The largest absolute Gasteiger partial charge is 0.450 e. The molecule has 0 aliphatic rings. The number of amides is 1. The van der Waals surface area contributed by atoms with E-state index in [1.807, 2.05) is 30.3 Å². The minimum absolute atomic E-state index is 0.0360. The number of ether oxygens (including phenoxy) is 1. The van der Waals surface area contributed by atoms with Gasteiger partial charge in [-0.2, -0.15) is 5.10 Å². The average molecular weight is 435 g/mol. The van der Waals surface area contributed by atoms with Gasteiger partial charge in [-0.3, -0.25) is 25.0 Å². The van der Waals surface area contributed by atoms with E-state index < -0.39 is 21.2 Å². The number of rotatable bonds is 9. The summed E-state index contributed by atoms with van der Waals surface area (Å²) in [5, 5.41) is 28.9. The van der Waals surface area contributed by atoms with Crippen LogP contribution in [0.4, 0.5) is 17.1 Å². The van der Waals surface area contributed by atoms with Gasteiger partial charge in [0, 0.05) is 11.8 Å². The van der Waals surface area contributed by atoms with Crippen molar-refractivity contribution in [1.82, 2.24) is 5.43 Å². The summed E-state index contributed by atoms with van der Waals surface area (Å²) in [5.74, 6) is -0.239. The predicted octanol–water partition coefficient (Wildman–Crippen LogP) is 3.86. The van der Waals surface area contributed by atoms with Gasteiger partial charge in [0.05, 0.1) is 28.7 Å². The minimum atomic E-state index is -0.757. The summed E-state index contributed by atoms with van der Waals surface area (Å²) in [6, 6.07) is 18.8. The van der Waals surface area contributed by atoms with E-state index in [9.17, 15) is 25.0 Å². The van der Waals surface area contributed by atoms with Gasteiger partial charge in [0.25, 0.3) is 11.6 Å². The van der Waals surface area contributed by atoms with Crippen molar-refractivity contribution in [2.24, 2.45) is 5.10 Å². The number of hydrogen-bond donors (Lipinski definition) is 2. The number of para-hydroxylation sites is 1. The van der Waals surface area contributed by atoms with E-state index in [4.69, 9.17) is 4.74 Å². The van der Waals surface area contributed by atoms with Gasteiger partial charge in [-0.1, -0.05) is 30.3 Å². The smallest absolute Gasteiger partial charge is 0.318 e. The van der Waals surface area contributed by atoms with Crippen molar-refractivity contribution in [2.75, 3.05) is 11.9 Å². The standard InChI is InChI=1S/C21H17N5O6/c27-21(14-22-16-6-2-1-3-7-16)24-23-13-15-5-4-8-18(11-15)32-20-10-9-17(25(28)29)12-19(20)26(30)31/h1-13,22H,14H2,(H,24,27)/b23-13-. The van der Waals surface area contributed by atoms with E-state index in [2.05, 4.69) is 15.8 Å². The lowest BCUT2D eigenvalue weighted by Crippen LogP contribution is -2.25. The first-order valence-electron chi connectivity index (χ1n) is 9.24. The molecule has 0 aliphatic carbocycles. The van der Waals surface area contributed by atoms with Crippen LogP contribution in [0.5, 0.6) is 11.5 Å². The molecule has 11 nitrogen and oxygen atoms in total. The third-order valence-corrected chi connectivity index (χ3v) is 4.07. The molecule has 0 atom stereocenters. The number of carbonyl (C=O) groups excluding carboxylic acids is 1. The molecule has 0 fully saturated rings. The predicted molar refractivity (Wildman–Crippen MR) is 117 cm³/mol. The molecule has 1 amide bonds. The second-order valence-electron chi connectivity index (χ2n) is 6.35. The maximum Gasteiger partial charge on any atom is 0.318 e. The number of hydrogen-bond acceptors (Lipinski definition) is 8. The summed E-state index contributed by atoms with van der Waals surface area (Å²) in [7, 11) is 0. The molecule has 0 saturated heterocycles. The van der Waals surface area contributed by atoms with Crippen LogP contribution in [0.25, 0.3) is 0 Å². The molecular weight excluding hydrogens is 418 g/mol. The molecular formula is C21H17N5O6. The van der Waals surface area contributed by atoms with E-state index in [1.165, 1.54) is 6.21 Å². The molecule has 0 unspecified atom stereocenters. The van der Waals surface area contributed by atoms with Crippen LogP contribution < -0.4 is 15.5 Å². The number of non-ortho nitro benzene ring substituents is 1. The van der Waals surface area contributed by atoms with E-state index in [1.54, 1.807) is 24.3 Å². The lowest BCUT2D eigenvalue weighted by Gasteiger charge is -2.07. The lowest BCUT2D eigenvalue weighted by molar-refractivity contribution is -0.394. The topological polar surface area (TPSA) is 149 Å². The fraction of sp³-hybridized carbons (Fsp3) is 0.0476. The maximum atomic E-state index is 11.9. The molecule has 3 rings (SSSR count). The second-order valence-corrected chi connectivity index (χ2v) is 6.35. The van der Waals surface area contributed by atoms with Crippen LogP contribution in [0.15, 0.2) is 77.9 Å². The summed E-state index contributed by atoms with van der Waals surface area (Å²) in [6.07, 6.45) is 1.39. The first kappa shape index (κ1) is 21.9. The normalized spacial score (nSPS) is 10.5. The van der Waals surface area contributed by atoms with Gasteiger partial charge >= 0.3 is 5.69 Å². The second kappa shape index (κ2) is 10.3. The number of carbonyl (C=O) groups is 1. The quantitative estimate of drug-likeness (QED) is 0.294. The van der Waals surface area contributed by atoms with Gasteiger partial charge < -0.3 is 10.1 Å². The molecule has 0 saturated carbocycles. The molecule has 3 aromatic carbocycles. The highest BCUT2D eigenvalue weighted by Crippen LogP contribution is 2.34. The van der Waals surface area contributed by atoms with Gasteiger partial charge in [-0.05, 0) is 35.9 Å². The van der Waals surface area contributed by atoms with Crippen molar-refractivity contribution in [3.05, 3.63) is 98.6 Å². The average Bonchev–Trinajstić information content (AvgIpc) is 2.78. The molecule has 11 heteroatoms. The Balaban J connectivity index is 1.62. The number of nitrogens with zero attached hydrogens (tertiary/aromatic N) is 3. The number of nitro groups is 2. The lowest BCUT2D eigenvalue weighted by atomic mass is 10.2. The van der Waals surface area contributed by atoms with E-state index in [0.717, 1.165) is 23.9 Å². The zero-order valence-electron chi connectivity index (χ0n) is 16.5. The molecule has 0 heterocycles. The van der Waals surface area contributed by atoms with E-state index >= 15 is 0 Å². The molecule has 32 heavy (non-hydrogen) atoms. The molecule has 2 N–H and O–H groups in total. The van der Waals surface area contributed by atoms with Crippen LogP contribution in [0.3, 0.4) is 0 Å². The van der Waals surface area contributed by atoms with Crippen LogP contribution >= 0.6 is 0 Å². The molecule has 0 radical (unpaired) electrons. The minimum Gasteiger partial charge on any atom is -0.450 e. The summed E-state index contributed by atoms with van der Waals surface area (Å²) < 4.78 is 5.54. The number of hydrazone groups is 1. The van der Waals surface area contributed by atoms with Crippen LogP contribution in [0.2, 0.25) is 0 Å². The zero-order valence-corrected chi connectivity index (χ0v) is 16.5. The van der Waals surface area contributed by atoms with E-state index in [-0.39, 0.29) is 24.0 Å². The zero-order chi connectivity index (χ0) is 22.9. The Bertz CT molecular complexity index is 1170. The summed E-state index contributed by atoms with van der Waals surface area (Å²) >= 11 is 0. The van der Waals surface area contributed by atoms with Gasteiger partial charge in [0.1, 0.15) is 5.75 Å².